The summed E-state index contributed by atoms with van der Waals surface area (Å²) in [6.45, 7) is 1.78. The molecule has 3 aromatic rings. The summed E-state index contributed by atoms with van der Waals surface area (Å²) in [5.74, 6) is -0.524. The van der Waals surface area contributed by atoms with Crippen molar-refractivity contribution in [2.24, 2.45) is 0 Å². The van der Waals surface area contributed by atoms with Gasteiger partial charge in [0.05, 0.1) is 11.7 Å². The normalized spacial score (nSPS) is 11.8. The molecule has 6 heteroatoms. The lowest BCUT2D eigenvalue weighted by atomic mass is 10.0. The number of amides is 2. The van der Waals surface area contributed by atoms with Crippen molar-refractivity contribution in [1.29, 1.82) is 0 Å². The summed E-state index contributed by atoms with van der Waals surface area (Å²) in [6.07, 6.45) is 0.195. The first-order valence-corrected chi connectivity index (χ1v) is 9.76. The Morgan fingerprint density at radius 1 is 0.963 bits per heavy atom. The third-order valence-corrected chi connectivity index (χ3v) is 5.42. The predicted molar refractivity (Wildman–Crippen MR) is 111 cm³/mol. The van der Waals surface area contributed by atoms with Crippen LogP contribution in [0.5, 0.6) is 0 Å². The van der Waals surface area contributed by atoms with E-state index in [-0.39, 0.29) is 23.5 Å². The second kappa shape index (κ2) is 8.93. The maximum Gasteiger partial charge on any atom is 0.251 e. The Hall–Kier alpha value is -2.50. The topological polar surface area (TPSA) is 58.2 Å². The molecule has 2 N–H and O–H groups in total. The third-order valence-electron chi connectivity index (χ3n) is 4.05. The van der Waals surface area contributed by atoms with Gasteiger partial charge in [-0.2, -0.15) is 0 Å². The minimum absolute atomic E-state index is 0.195. The Kier molecular flexibility index (Phi) is 6.37. The van der Waals surface area contributed by atoms with Crippen molar-refractivity contribution < 1.29 is 9.59 Å². The van der Waals surface area contributed by atoms with Gasteiger partial charge in [-0.15, -0.1) is 11.8 Å². The van der Waals surface area contributed by atoms with Gasteiger partial charge < -0.3 is 0 Å². The van der Waals surface area contributed by atoms with Crippen molar-refractivity contribution in [3.05, 3.63) is 77.3 Å². The molecule has 0 fully saturated rings. The van der Waals surface area contributed by atoms with E-state index in [1.54, 1.807) is 19.1 Å². The molecule has 3 rings (SSSR count). The highest BCUT2D eigenvalue weighted by atomic mass is 35.5. The quantitative estimate of drug-likeness (QED) is 0.495. The van der Waals surface area contributed by atoms with E-state index in [1.165, 1.54) is 11.8 Å². The SMILES string of the molecule is CC(Sc1ccc(Cl)cc1)C(=O)NNC(=O)Cc1cccc2ccccc12. The van der Waals surface area contributed by atoms with Crippen molar-refractivity contribution in [3.63, 3.8) is 0 Å². The van der Waals surface area contributed by atoms with Gasteiger partial charge in [-0.3, -0.25) is 20.4 Å². The van der Waals surface area contributed by atoms with Crippen LogP contribution in [0.2, 0.25) is 5.02 Å². The second-order valence-electron chi connectivity index (χ2n) is 6.07. The molecular weight excluding hydrogens is 380 g/mol. The molecule has 4 nitrogen and oxygen atoms in total. The zero-order valence-electron chi connectivity index (χ0n) is 14.7. The van der Waals surface area contributed by atoms with Crippen LogP contribution in [0.1, 0.15) is 12.5 Å². The van der Waals surface area contributed by atoms with E-state index in [9.17, 15) is 9.59 Å². The van der Waals surface area contributed by atoms with Gasteiger partial charge in [0.25, 0.3) is 5.91 Å². The molecule has 1 atom stereocenters. The fraction of sp³-hybridized carbons (Fsp3) is 0.143. The number of hydrogen-bond acceptors (Lipinski definition) is 3. The molecule has 0 heterocycles. The number of benzene rings is 3. The van der Waals surface area contributed by atoms with E-state index in [1.807, 2.05) is 54.6 Å². The zero-order chi connectivity index (χ0) is 19.2. The molecule has 0 radical (unpaired) electrons. The van der Waals surface area contributed by atoms with Gasteiger partial charge in [-0.05, 0) is 47.5 Å². The van der Waals surface area contributed by atoms with Crippen LogP contribution in [0.25, 0.3) is 10.8 Å². The van der Waals surface area contributed by atoms with Crippen LogP contribution in [0.15, 0.2) is 71.6 Å². The summed E-state index contributed by atoms with van der Waals surface area (Å²) in [5, 5.41) is 2.41. The summed E-state index contributed by atoms with van der Waals surface area (Å²) in [5.41, 5.74) is 5.92. The largest absolute Gasteiger partial charge is 0.273 e. The molecule has 1 unspecified atom stereocenters. The highest BCUT2D eigenvalue weighted by Crippen LogP contribution is 2.24. The van der Waals surface area contributed by atoms with Crippen LogP contribution < -0.4 is 10.9 Å². The van der Waals surface area contributed by atoms with E-state index in [0.29, 0.717) is 5.02 Å². The van der Waals surface area contributed by atoms with Crippen LogP contribution in [0.4, 0.5) is 0 Å². The van der Waals surface area contributed by atoms with Gasteiger partial charge in [-0.1, -0.05) is 54.1 Å². The molecule has 0 aromatic heterocycles. The molecule has 138 valence electrons. The van der Waals surface area contributed by atoms with Gasteiger partial charge in [-0.25, -0.2) is 0 Å². The first-order chi connectivity index (χ1) is 13.0. The van der Waals surface area contributed by atoms with Crippen molar-refractivity contribution in [2.75, 3.05) is 0 Å². The number of carbonyl (C=O) groups is 2. The molecular formula is C21H19ClN2O2S. The Morgan fingerprint density at radius 3 is 2.44 bits per heavy atom. The summed E-state index contributed by atoms with van der Waals surface area (Å²) in [6, 6.07) is 21.0. The minimum atomic E-state index is -0.357. The molecule has 0 saturated heterocycles. The highest BCUT2D eigenvalue weighted by molar-refractivity contribution is 8.00. The average Bonchev–Trinajstić information content (AvgIpc) is 2.68. The monoisotopic (exact) mass is 398 g/mol. The number of thioether (sulfide) groups is 1. The van der Waals surface area contributed by atoms with E-state index >= 15 is 0 Å². The molecule has 0 aliphatic rings. The first-order valence-electron chi connectivity index (χ1n) is 8.50. The summed E-state index contributed by atoms with van der Waals surface area (Å²) >= 11 is 7.26. The molecule has 3 aromatic carbocycles. The van der Waals surface area contributed by atoms with E-state index in [4.69, 9.17) is 11.6 Å². The van der Waals surface area contributed by atoms with Gasteiger partial charge in [0.2, 0.25) is 5.91 Å². The van der Waals surface area contributed by atoms with Gasteiger partial charge in [0.15, 0.2) is 0 Å². The van der Waals surface area contributed by atoms with Crippen LogP contribution in [0, 0.1) is 0 Å². The number of carbonyl (C=O) groups excluding carboxylic acids is 2. The number of rotatable bonds is 5. The smallest absolute Gasteiger partial charge is 0.251 e. The number of hydrazine groups is 1. The average molecular weight is 399 g/mol. The maximum absolute atomic E-state index is 12.2. The predicted octanol–water partition coefficient (Wildman–Crippen LogP) is 4.36. The summed E-state index contributed by atoms with van der Waals surface area (Å²) in [7, 11) is 0. The Labute approximate surface area is 167 Å². The first kappa shape index (κ1) is 19.3. The zero-order valence-corrected chi connectivity index (χ0v) is 16.3. The molecule has 27 heavy (non-hydrogen) atoms. The van der Waals surface area contributed by atoms with Crippen molar-refractivity contribution in [3.8, 4) is 0 Å². The van der Waals surface area contributed by atoms with Crippen LogP contribution in [-0.2, 0) is 16.0 Å². The molecule has 2 amide bonds. The molecule has 0 bridgehead atoms. The van der Waals surface area contributed by atoms with Gasteiger partial charge in [0, 0.05) is 9.92 Å². The van der Waals surface area contributed by atoms with Crippen LogP contribution in [0.3, 0.4) is 0 Å². The van der Waals surface area contributed by atoms with E-state index < -0.39 is 0 Å². The lowest BCUT2D eigenvalue weighted by Crippen LogP contribution is -2.45. The van der Waals surface area contributed by atoms with Gasteiger partial charge in [0.1, 0.15) is 0 Å². The number of nitrogens with one attached hydrogen (secondary N) is 2. The Balaban J connectivity index is 1.53. The lowest BCUT2D eigenvalue weighted by Gasteiger charge is -2.13. The van der Waals surface area contributed by atoms with Crippen molar-refractivity contribution in [1.82, 2.24) is 10.9 Å². The number of hydrogen-bond donors (Lipinski definition) is 2. The minimum Gasteiger partial charge on any atom is -0.273 e. The van der Waals surface area contributed by atoms with Crippen molar-refractivity contribution >= 4 is 45.9 Å². The number of fused-ring (bicyclic) bond motifs is 1. The van der Waals surface area contributed by atoms with Crippen molar-refractivity contribution in [2.45, 2.75) is 23.5 Å². The summed E-state index contributed by atoms with van der Waals surface area (Å²) in [4.78, 5) is 25.4. The van der Waals surface area contributed by atoms with E-state index in [0.717, 1.165) is 21.2 Å². The van der Waals surface area contributed by atoms with E-state index in [2.05, 4.69) is 10.9 Å². The Bertz CT molecular complexity index is 955. The Morgan fingerprint density at radius 2 is 1.67 bits per heavy atom. The van der Waals surface area contributed by atoms with Gasteiger partial charge >= 0.3 is 0 Å². The molecule has 0 spiro atoms. The number of halogens is 1. The third kappa shape index (κ3) is 5.25. The summed E-state index contributed by atoms with van der Waals surface area (Å²) < 4.78 is 0. The molecule has 0 saturated carbocycles. The lowest BCUT2D eigenvalue weighted by molar-refractivity contribution is -0.128. The second-order valence-corrected chi connectivity index (χ2v) is 7.92. The molecule has 0 aliphatic heterocycles. The molecule has 0 aliphatic carbocycles. The fourth-order valence-electron chi connectivity index (χ4n) is 2.67. The highest BCUT2D eigenvalue weighted by Gasteiger charge is 2.15. The maximum atomic E-state index is 12.2. The van der Waals surface area contributed by atoms with Crippen LogP contribution >= 0.6 is 23.4 Å². The fourth-order valence-corrected chi connectivity index (χ4v) is 3.66. The van der Waals surface area contributed by atoms with Crippen LogP contribution in [-0.4, -0.2) is 17.1 Å². The standard InChI is InChI=1S/C21H19ClN2O2S/c1-14(27-18-11-9-17(22)10-12-18)21(26)24-23-20(25)13-16-7-4-6-15-5-2-3-8-19(15)16/h2-12,14H,13H2,1H3,(H,23,25)(H,24,26).